The predicted octanol–water partition coefficient (Wildman–Crippen LogP) is 7.14. The van der Waals surface area contributed by atoms with Crippen molar-refractivity contribution in [2.24, 2.45) is 17.3 Å². The average Bonchev–Trinajstić information content (AvgIpc) is 3.21. The molecule has 0 aliphatic heterocycles. The van der Waals surface area contributed by atoms with Gasteiger partial charge in [-0.3, -0.25) is 4.79 Å². The van der Waals surface area contributed by atoms with Crippen LogP contribution in [0.15, 0.2) is 58.0 Å². The molecule has 1 aliphatic carbocycles. The molecule has 0 spiro atoms. The number of rotatable bonds is 6. The summed E-state index contributed by atoms with van der Waals surface area (Å²) in [5.74, 6) is 0.524. The summed E-state index contributed by atoms with van der Waals surface area (Å²) in [6, 6.07) is 16.0. The first-order valence-electron chi connectivity index (χ1n) is 8.88. The summed E-state index contributed by atoms with van der Waals surface area (Å²) < 4.78 is 12.1. The lowest BCUT2D eigenvalue weighted by atomic mass is 10.1. The van der Waals surface area contributed by atoms with Crippen LogP contribution in [0, 0.1) is 28.6 Å². The second-order valence-electron chi connectivity index (χ2n) is 7.36. The lowest BCUT2D eigenvalue weighted by Gasteiger charge is -2.13. The molecule has 150 valence electrons. The number of esters is 1. The zero-order valence-corrected chi connectivity index (χ0v) is 19.7. The van der Waals surface area contributed by atoms with E-state index in [1.165, 1.54) is 0 Å². The molecule has 0 amide bonds. The van der Waals surface area contributed by atoms with E-state index < -0.39 is 6.10 Å². The van der Waals surface area contributed by atoms with Crippen LogP contribution in [0.5, 0.6) is 11.5 Å². The summed E-state index contributed by atoms with van der Waals surface area (Å²) in [6.45, 7) is 4.01. The van der Waals surface area contributed by atoms with Crippen LogP contribution in [0.25, 0.3) is 0 Å². The van der Waals surface area contributed by atoms with Gasteiger partial charge in [0.1, 0.15) is 17.6 Å². The smallest absolute Gasteiger partial charge is 0.311 e. The van der Waals surface area contributed by atoms with Crippen LogP contribution in [-0.2, 0) is 9.53 Å². The molecule has 0 saturated heterocycles. The monoisotopic (exact) mass is 537 g/mol. The van der Waals surface area contributed by atoms with Crippen LogP contribution in [0.4, 0.5) is 0 Å². The van der Waals surface area contributed by atoms with E-state index in [0.717, 1.165) is 3.39 Å². The maximum absolute atomic E-state index is 12.7. The van der Waals surface area contributed by atoms with Crippen molar-refractivity contribution in [2.45, 2.75) is 20.0 Å². The number of halogens is 3. The maximum Gasteiger partial charge on any atom is 0.311 e. The molecule has 2 aromatic rings. The number of nitriles is 1. The molecule has 7 heteroatoms. The molecule has 29 heavy (non-hydrogen) atoms. The van der Waals surface area contributed by atoms with Crippen LogP contribution >= 0.6 is 43.5 Å². The number of benzene rings is 2. The van der Waals surface area contributed by atoms with Gasteiger partial charge in [0.05, 0.1) is 9.31 Å². The molecule has 2 aromatic carbocycles. The fraction of sp³-hybridized carbons (Fsp3) is 0.273. The Labute approximate surface area is 191 Å². The van der Waals surface area contributed by atoms with E-state index in [9.17, 15) is 10.1 Å². The molecule has 3 rings (SSSR count). The molecule has 1 saturated carbocycles. The Bertz CT molecular complexity index is 978. The van der Waals surface area contributed by atoms with Crippen LogP contribution < -0.4 is 4.74 Å². The van der Waals surface area contributed by atoms with E-state index >= 15 is 0 Å². The number of nitrogens with zero attached hydrogens (tertiary/aromatic N) is 1. The Kier molecular flexibility index (Phi) is 6.72. The number of hydrogen-bond acceptors (Lipinski definition) is 4. The number of carbonyl (C=O) groups excluding carboxylic acids is 1. The van der Waals surface area contributed by atoms with E-state index in [2.05, 4.69) is 37.9 Å². The first-order valence-corrected chi connectivity index (χ1v) is 10.8. The van der Waals surface area contributed by atoms with Crippen molar-refractivity contribution in [3.63, 3.8) is 0 Å². The Morgan fingerprint density at radius 2 is 1.90 bits per heavy atom. The van der Waals surface area contributed by atoms with Gasteiger partial charge in [-0.25, -0.2) is 0 Å². The Balaban J connectivity index is 1.72. The van der Waals surface area contributed by atoms with Gasteiger partial charge in [-0.2, -0.15) is 5.26 Å². The molecule has 0 heterocycles. The van der Waals surface area contributed by atoms with Gasteiger partial charge >= 0.3 is 5.97 Å². The molecule has 4 nitrogen and oxygen atoms in total. The molecule has 0 aromatic heterocycles. The summed E-state index contributed by atoms with van der Waals surface area (Å²) >= 11 is 12.6. The Hall–Kier alpha value is -1.81. The molecular weight excluding hydrogens is 522 g/mol. The van der Waals surface area contributed by atoms with Crippen molar-refractivity contribution in [3.8, 4) is 17.6 Å². The SMILES string of the molecule is CC1(C)[C@H](C(=O)OC(C#N)c2cccc(Oc3ccc(Cl)cc3)c2)[C@@H]1C=C(Br)Br. The van der Waals surface area contributed by atoms with E-state index in [1.54, 1.807) is 48.5 Å². The van der Waals surface area contributed by atoms with Crippen molar-refractivity contribution < 1.29 is 14.3 Å². The minimum absolute atomic E-state index is 0.0441. The quantitative estimate of drug-likeness (QED) is 0.366. The van der Waals surface area contributed by atoms with Gasteiger partial charge in [0.25, 0.3) is 0 Å². The summed E-state index contributed by atoms with van der Waals surface area (Å²) in [5.41, 5.74) is 0.336. The summed E-state index contributed by atoms with van der Waals surface area (Å²) in [7, 11) is 0. The van der Waals surface area contributed by atoms with Crippen molar-refractivity contribution in [3.05, 3.63) is 68.6 Å². The summed E-state index contributed by atoms with van der Waals surface area (Å²) in [4.78, 5) is 12.7. The molecule has 3 atom stereocenters. The zero-order chi connectivity index (χ0) is 21.2. The van der Waals surface area contributed by atoms with Gasteiger partial charge in [-0.15, -0.1) is 0 Å². The topological polar surface area (TPSA) is 59.3 Å². The van der Waals surface area contributed by atoms with E-state index in [0.29, 0.717) is 22.1 Å². The minimum Gasteiger partial charge on any atom is -0.457 e. The first-order chi connectivity index (χ1) is 13.7. The highest BCUT2D eigenvalue weighted by Crippen LogP contribution is 2.60. The second kappa shape index (κ2) is 8.91. The summed E-state index contributed by atoms with van der Waals surface area (Å²) in [5, 5.41) is 10.2. The lowest BCUT2D eigenvalue weighted by Crippen LogP contribution is -2.14. The fourth-order valence-corrected chi connectivity index (χ4v) is 4.01. The van der Waals surface area contributed by atoms with Crippen molar-refractivity contribution >= 4 is 49.4 Å². The number of ether oxygens (including phenoxy) is 2. The van der Waals surface area contributed by atoms with E-state index in [1.807, 2.05) is 19.9 Å². The lowest BCUT2D eigenvalue weighted by molar-refractivity contribution is -0.149. The average molecular weight is 540 g/mol. The predicted molar refractivity (Wildman–Crippen MR) is 119 cm³/mol. The largest absolute Gasteiger partial charge is 0.457 e. The molecule has 0 bridgehead atoms. The molecule has 1 aliphatic rings. The van der Waals surface area contributed by atoms with Crippen molar-refractivity contribution in [1.82, 2.24) is 0 Å². The molecular formula is C22H18Br2ClNO3. The van der Waals surface area contributed by atoms with Gasteiger partial charge in [0.2, 0.25) is 6.10 Å². The highest BCUT2D eigenvalue weighted by Gasteiger charge is 2.61. The van der Waals surface area contributed by atoms with E-state index in [4.69, 9.17) is 21.1 Å². The maximum atomic E-state index is 12.7. The molecule has 0 N–H and O–H groups in total. The van der Waals surface area contributed by atoms with Crippen LogP contribution in [0.1, 0.15) is 25.5 Å². The highest BCUT2D eigenvalue weighted by molar-refractivity contribution is 9.28. The van der Waals surface area contributed by atoms with Gasteiger partial charge in [0.15, 0.2) is 0 Å². The third-order valence-corrected chi connectivity index (χ3v) is 5.81. The Morgan fingerprint density at radius 3 is 2.52 bits per heavy atom. The number of allylic oxidation sites excluding steroid dienone is 1. The van der Waals surface area contributed by atoms with Crippen LogP contribution in [-0.4, -0.2) is 5.97 Å². The highest BCUT2D eigenvalue weighted by atomic mass is 79.9. The fourth-order valence-electron chi connectivity index (χ4n) is 3.31. The second-order valence-corrected chi connectivity index (χ2v) is 10.6. The number of hydrogen-bond donors (Lipinski definition) is 0. The molecule has 0 radical (unpaired) electrons. The number of carbonyl (C=O) groups is 1. The Morgan fingerprint density at radius 1 is 1.21 bits per heavy atom. The standard InChI is InChI=1S/C22H18Br2ClNO3/c1-22(2)17(11-19(23)24)20(22)21(27)29-18(12-26)13-4-3-5-16(10-13)28-15-8-6-14(25)7-9-15/h3-11,17-18,20H,1-2H3/t17-,18?,20-/m0/s1. The van der Waals surface area contributed by atoms with Crippen LogP contribution in [0.3, 0.4) is 0 Å². The van der Waals surface area contributed by atoms with Crippen LogP contribution in [0.2, 0.25) is 5.02 Å². The normalized spacial score (nSPS) is 20.1. The van der Waals surface area contributed by atoms with Crippen molar-refractivity contribution in [2.75, 3.05) is 0 Å². The molecule has 1 unspecified atom stereocenters. The minimum atomic E-state index is -1.01. The first kappa shape index (κ1) is 21.9. The summed E-state index contributed by atoms with van der Waals surface area (Å²) in [6.07, 6.45) is 0.929. The third kappa shape index (κ3) is 5.22. The van der Waals surface area contributed by atoms with Gasteiger partial charge < -0.3 is 9.47 Å². The third-order valence-electron chi connectivity index (χ3n) is 5.03. The van der Waals surface area contributed by atoms with E-state index in [-0.39, 0.29) is 23.2 Å². The van der Waals surface area contributed by atoms with Gasteiger partial charge in [-0.1, -0.05) is 43.7 Å². The zero-order valence-electron chi connectivity index (χ0n) is 15.7. The van der Waals surface area contributed by atoms with Crippen molar-refractivity contribution in [1.29, 1.82) is 5.26 Å². The molecule has 1 fully saturated rings. The van der Waals surface area contributed by atoms with Gasteiger partial charge in [0, 0.05) is 10.6 Å². The van der Waals surface area contributed by atoms with Gasteiger partial charge in [-0.05, 0) is 79.6 Å².